The Morgan fingerprint density at radius 3 is 3.24 bits per heavy atom. The topological polar surface area (TPSA) is 62.7 Å². The number of carbonyl (C=O) groups excluding carboxylic acids is 1. The number of morpholine rings is 1. The van der Waals surface area contributed by atoms with E-state index in [4.69, 9.17) is 21.4 Å². The van der Waals surface area contributed by atoms with Crippen LogP contribution < -0.4 is 0 Å². The summed E-state index contributed by atoms with van der Waals surface area (Å²) in [6.45, 7) is 1.23. The summed E-state index contributed by atoms with van der Waals surface area (Å²) in [5.41, 5.74) is 0.431. The van der Waals surface area contributed by atoms with Crippen LogP contribution in [-0.4, -0.2) is 53.3 Å². The highest BCUT2D eigenvalue weighted by molar-refractivity contribution is 6.33. The molecular formula is C11H13ClN2O3. The summed E-state index contributed by atoms with van der Waals surface area (Å²) in [5.74, 6) is -0.154. The van der Waals surface area contributed by atoms with Crippen molar-refractivity contribution in [3.05, 3.63) is 29.0 Å². The highest BCUT2D eigenvalue weighted by Gasteiger charge is 2.25. The van der Waals surface area contributed by atoms with Gasteiger partial charge in [0.15, 0.2) is 0 Å². The van der Waals surface area contributed by atoms with Gasteiger partial charge in [0.1, 0.15) is 0 Å². The van der Waals surface area contributed by atoms with E-state index in [0.717, 1.165) is 0 Å². The quantitative estimate of drug-likeness (QED) is 0.840. The summed E-state index contributed by atoms with van der Waals surface area (Å²) >= 11 is 5.92. The van der Waals surface area contributed by atoms with Gasteiger partial charge >= 0.3 is 0 Å². The Bertz CT molecular complexity index is 413. The molecule has 1 aromatic heterocycles. The van der Waals surface area contributed by atoms with Crippen molar-refractivity contribution in [2.75, 3.05) is 26.3 Å². The molecule has 1 atom stereocenters. The molecule has 1 aliphatic rings. The maximum absolute atomic E-state index is 12.2. The van der Waals surface area contributed by atoms with Crippen molar-refractivity contribution >= 4 is 17.5 Å². The zero-order chi connectivity index (χ0) is 12.3. The second-order valence-electron chi connectivity index (χ2n) is 3.78. The molecule has 0 aromatic carbocycles. The third kappa shape index (κ3) is 2.74. The number of nitrogens with zero attached hydrogens (tertiary/aromatic N) is 2. The van der Waals surface area contributed by atoms with Gasteiger partial charge in [0.25, 0.3) is 5.91 Å². The number of pyridine rings is 1. The number of aliphatic hydroxyl groups excluding tert-OH is 1. The van der Waals surface area contributed by atoms with Gasteiger partial charge in [-0.3, -0.25) is 9.78 Å². The van der Waals surface area contributed by atoms with Crippen LogP contribution in [0, 0.1) is 0 Å². The van der Waals surface area contributed by atoms with E-state index < -0.39 is 0 Å². The molecular weight excluding hydrogens is 244 g/mol. The Kier molecular flexibility index (Phi) is 3.93. The van der Waals surface area contributed by atoms with Gasteiger partial charge < -0.3 is 14.7 Å². The fourth-order valence-electron chi connectivity index (χ4n) is 1.73. The SMILES string of the molecule is O=C(c1ccncc1Cl)N1CCOC(CO)C1. The van der Waals surface area contributed by atoms with E-state index in [1.807, 2.05) is 0 Å². The summed E-state index contributed by atoms with van der Waals surface area (Å²) in [6.07, 6.45) is 2.66. The third-order valence-corrected chi connectivity index (χ3v) is 2.93. The molecule has 5 nitrogen and oxygen atoms in total. The zero-order valence-corrected chi connectivity index (χ0v) is 9.93. The number of rotatable bonds is 2. The normalized spacial score (nSPS) is 20.4. The van der Waals surface area contributed by atoms with Crippen LogP contribution in [0.5, 0.6) is 0 Å². The first-order valence-corrected chi connectivity index (χ1v) is 5.71. The highest BCUT2D eigenvalue weighted by Crippen LogP contribution is 2.17. The average molecular weight is 257 g/mol. The van der Waals surface area contributed by atoms with Gasteiger partial charge in [0.2, 0.25) is 0 Å². The van der Waals surface area contributed by atoms with Crippen LogP contribution in [0.1, 0.15) is 10.4 Å². The molecule has 1 aromatic rings. The molecule has 0 bridgehead atoms. The van der Waals surface area contributed by atoms with Crippen LogP contribution in [0.2, 0.25) is 5.02 Å². The zero-order valence-electron chi connectivity index (χ0n) is 9.17. The van der Waals surface area contributed by atoms with E-state index in [1.54, 1.807) is 11.0 Å². The maximum Gasteiger partial charge on any atom is 0.255 e. The van der Waals surface area contributed by atoms with Crippen LogP contribution >= 0.6 is 11.6 Å². The van der Waals surface area contributed by atoms with E-state index >= 15 is 0 Å². The molecule has 1 aliphatic heterocycles. The van der Waals surface area contributed by atoms with Crippen molar-refractivity contribution < 1.29 is 14.6 Å². The fraction of sp³-hybridized carbons (Fsp3) is 0.455. The molecule has 0 spiro atoms. The Hall–Kier alpha value is -1.17. The van der Waals surface area contributed by atoms with Crippen molar-refractivity contribution in [2.45, 2.75) is 6.10 Å². The summed E-state index contributed by atoms with van der Waals surface area (Å²) in [4.78, 5) is 17.6. The lowest BCUT2D eigenvalue weighted by Gasteiger charge is -2.32. The number of carbonyl (C=O) groups is 1. The Labute approximate surface area is 104 Å². The van der Waals surface area contributed by atoms with Gasteiger partial charge in [-0.1, -0.05) is 11.6 Å². The van der Waals surface area contributed by atoms with Crippen molar-refractivity contribution in [3.8, 4) is 0 Å². The third-order valence-electron chi connectivity index (χ3n) is 2.63. The molecule has 0 aliphatic carbocycles. The molecule has 0 saturated carbocycles. The lowest BCUT2D eigenvalue weighted by Crippen LogP contribution is -2.46. The largest absolute Gasteiger partial charge is 0.394 e. The molecule has 2 heterocycles. The Morgan fingerprint density at radius 2 is 2.53 bits per heavy atom. The number of halogens is 1. The number of amides is 1. The van der Waals surface area contributed by atoms with Crippen LogP contribution in [-0.2, 0) is 4.74 Å². The molecule has 6 heteroatoms. The summed E-state index contributed by atoms with van der Waals surface area (Å²) in [6, 6.07) is 1.59. The van der Waals surface area contributed by atoms with Gasteiger partial charge in [0.05, 0.1) is 29.9 Å². The minimum atomic E-state index is -0.312. The molecule has 92 valence electrons. The first kappa shape index (κ1) is 12.3. The molecule has 1 N–H and O–H groups in total. The first-order chi connectivity index (χ1) is 8.22. The van der Waals surface area contributed by atoms with Gasteiger partial charge in [-0.25, -0.2) is 0 Å². The summed E-state index contributed by atoms with van der Waals surface area (Å²) < 4.78 is 5.28. The number of aromatic nitrogens is 1. The molecule has 1 saturated heterocycles. The molecule has 1 unspecified atom stereocenters. The molecule has 1 fully saturated rings. The smallest absolute Gasteiger partial charge is 0.255 e. The monoisotopic (exact) mass is 256 g/mol. The van der Waals surface area contributed by atoms with Gasteiger partial charge in [-0.15, -0.1) is 0 Å². The molecule has 17 heavy (non-hydrogen) atoms. The first-order valence-electron chi connectivity index (χ1n) is 5.33. The molecule has 2 rings (SSSR count). The van der Waals surface area contributed by atoms with Crippen molar-refractivity contribution in [2.24, 2.45) is 0 Å². The summed E-state index contributed by atoms with van der Waals surface area (Å²) in [5, 5.41) is 9.35. The second-order valence-corrected chi connectivity index (χ2v) is 4.19. The molecule has 0 radical (unpaired) electrons. The van der Waals surface area contributed by atoms with Gasteiger partial charge in [-0.05, 0) is 6.07 Å². The maximum atomic E-state index is 12.2. The Balaban J connectivity index is 2.12. The lowest BCUT2D eigenvalue weighted by molar-refractivity contribution is -0.0447. The van der Waals surface area contributed by atoms with E-state index in [9.17, 15) is 4.79 Å². The average Bonchev–Trinajstić information content (AvgIpc) is 2.38. The highest BCUT2D eigenvalue weighted by atomic mass is 35.5. The lowest BCUT2D eigenvalue weighted by atomic mass is 10.2. The van der Waals surface area contributed by atoms with Crippen molar-refractivity contribution in [3.63, 3.8) is 0 Å². The Morgan fingerprint density at radius 1 is 1.71 bits per heavy atom. The van der Waals surface area contributed by atoms with E-state index in [0.29, 0.717) is 30.3 Å². The number of ether oxygens (including phenoxy) is 1. The van der Waals surface area contributed by atoms with E-state index in [-0.39, 0.29) is 18.6 Å². The van der Waals surface area contributed by atoms with Gasteiger partial charge in [-0.2, -0.15) is 0 Å². The summed E-state index contributed by atoms with van der Waals surface area (Å²) in [7, 11) is 0. The van der Waals surface area contributed by atoms with Crippen molar-refractivity contribution in [1.82, 2.24) is 9.88 Å². The van der Waals surface area contributed by atoms with Crippen LogP contribution in [0.4, 0.5) is 0 Å². The second kappa shape index (κ2) is 5.44. The van der Waals surface area contributed by atoms with E-state index in [2.05, 4.69) is 4.98 Å². The number of hydrogen-bond acceptors (Lipinski definition) is 4. The van der Waals surface area contributed by atoms with Crippen LogP contribution in [0.25, 0.3) is 0 Å². The predicted molar refractivity (Wildman–Crippen MR) is 62.0 cm³/mol. The minimum absolute atomic E-state index is 0.0894. The predicted octanol–water partition coefficient (Wildman–Crippen LogP) is 0.568. The van der Waals surface area contributed by atoms with Gasteiger partial charge in [0, 0.05) is 25.5 Å². The van der Waals surface area contributed by atoms with Crippen LogP contribution in [0.15, 0.2) is 18.5 Å². The standard InChI is InChI=1S/C11H13ClN2O3/c12-10-5-13-2-1-9(10)11(16)14-3-4-17-8(6-14)7-15/h1-2,5,8,15H,3-4,6-7H2. The number of aliphatic hydroxyl groups is 1. The van der Waals surface area contributed by atoms with Crippen molar-refractivity contribution in [1.29, 1.82) is 0 Å². The van der Waals surface area contributed by atoms with Crippen LogP contribution in [0.3, 0.4) is 0 Å². The number of hydrogen-bond donors (Lipinski definition) is 1. The molecule has 1 amide bonds. The minimum Gasteiger partial charge on any atom is -0.394 e. The fourth-order valence-corrected chi connectivity index (χ4v) is 1.93. The van der Waals surface area contributed by atoms with E-state index in [1.165, 1.54) is 12.4 Å².